The van der Waals surface area contributed by atoms with E-state index in [0.717, 1.165) is 27.8 Å². The number of Topliss-reactive ketones (excluding diaryl/α,β-unsaturated/α-hetero) is 1. The molecular weight excluding hydrogens is 408 g/mol. The van der Waals surface area contributed by atoms with Crippen molar-refractivity contribution >= 4 is 22.8 Å². The summed E-state index contributed by atoms with van der Waals surface area (Å²) < 4.78 is 1.77. The van der Waals surface area contributed by atoms with E-state index in [4.69, 9.17) is 5.10 Å². The molecule has 158 valence electrons. The average Bonchev–Trinajstić information content (AvgIpc) is 3.43. The van der Waals surface area contributed by atoms with Crippen LogP contribution >= 0.6 is 0 Å². The van der Waals surface area contributed by atoms with Crippen molar-refractivity contribution < 1.29 is 4.79 Å². The third-order valence-electron chi connectivity index (χ3n) is 5.60. The molecule has 0 aliphatic heterocycles. The number of nitrogens with one attached hydrogen (secondary N) is 1. The quantitative estimate of drug-likeness (QED) is 0.208. The minimum atomic E-state index is -0.307. The maximum atomic E-state index is 13.5. The first-order chi connectivity index (χ1) is 16.2. The van der Waals surface area contributed by atoms with Gasteiger partial charge in [0.2, 0.25) is 5.78 Å². The fourth-order valence-electron chi connectivity index (χ4n) is 4.03. The van der Waals surface area contributed by atoms with E-state index in [-0.39, 0.29) is 11.4 Å². The number of para-hydroxylation sites is 2. The number of benzene rings is 3. The van der Waals surface area contributed by atoms with Crippen LogP contribution in [0.15, 0.2) is 96.7 Å². The SMILES string of the molecule is Cc1[nH]c2ccccc2c1C(=O)C(C#N)=Cc1cn(-c2ccccc2)nc1-c1ccccc1. The Hall–Kier alpha value is -4.69. The van der Waals surface area contributed by atoms with Crippen LogP contribution in [0.3, 0.4) is 0 Å². The molecule has 0 aliphatic carbocycles. The number of nitriles is 1. The molecule has 0 aliphatic rings. The highest BCUT2D eigenvalue weighted by atomic mass is 16.1. The molecule has 5 rings (SSSR count). The van der Waals surface area contributed by atoms with E-state index < -0.39 is 0 Å². The summed E-state index contributed by atoms with van der Waals surface area (Å²) in [5, 5.41) is 15.5. The zero-order chi connectivity index (χ0) is 22.8. The fraction of sp³-hybridized carbons (Fsp3) is 0.0357. The number of carbonyl (C=O) groups is 1. The number of hydrogen-bond acceptors (Lipinski definition) is 3. The molecule has 0 atom stereocenters. The van der Waals surface area contributed by atoms with Crippen molar-refractivity contribution in [3.05, 3.63) is 114 Å². The van der Waals surface area contributed by atoms with Gasteiger partial charge >= 0.3 is 0 Å². The van der Waals surface area contributed by atoms with Gasteiger partial charge in [-0.3, -0.25) is 4.79 Å². The van der Waals surface area contributed by atoms with Gasteiger partial charge in [-0.2, -0.15) is 10.4 Å². The predicted molar refractivity (Wildman–Crippen MR) is 130 cm³/mol. The Morgan fingerprint density at radius 2 is 1.64 bits per heavy atom. The summed E-state index contributed by atoms with van der Waals surface area (Å²) in [5.41, 5.74) is 5.41. The third kappa shape index (κ3) is 3.75. The van der Waals surface area contributed by atoms with Crippen LogP contribution < -0.4 is 0 Å². The summed E-state index contributed by atoms with van der Waals surface area (Å²) in [5.74, 6) is -0.307. The van der Waals surface area contributed by atoms with Crippen LogP contribution in [0.1, 0.15) is 21.6 Å². The molecule has 0 fully saturated rings. The Morgan fingerprint density at radius 3 is 2.36 bits per heavy atom. The summed E-state index contributed by atoms with van der Waals surface area (Å²) in [6.45, 7) is 1.85. The van der Waals surface area contributed by atoms with Crippen molar-refractivity contribution in [3.63, 3.8) is 0 Å². The molecule has 0 radical (unpaired) electrons. The number of nitrogens with zero attached hydrogens (tertiary/aromatic N) is 3. The van der Waals surface area contributed by atoms with Crippen LogP contribution in [0, 0.1) is 18.3 Å². The molecule has 0 spiro atoms. The van der Waals surface area contributed by atoms with Gasteiger partial charge in [-0.15, -0.1) is 0 Å². The van der Waals surface area contributed by atoms with E-state index in [0.29, 0.717) is 16.8 Å². The maximum absolute atomic E-state index is 13.5. The lowest BCUT2D eigenvalue weighted by Gasteiger charge is -2.02. The van der Waals surface area contributed by atoms with Crippen LogP contribution in [0.25, 0.3) is 33.9 Å². The van der Waals surface area contributed by atoms with Crippen molar-refractivity contribution in [2.24, 2.45) is 0 Å². The summed E-state index contributed by atoms with van der Waals surface area (Å²) >= 11 is 0. The van der Waals surface area contributed by atoms with Crippen LogP contribution in [0.4, 0.5) is 0 Å². The van der Waals surface area contributed by atoms with Gasteiger partial charge in [0, 0.05) is 33.9 Å². The normalized spacial score (nSPS) is 11.5. The standard InChI is InChI=1S/C28H20N4O/c1-19-26(24-14-8-9-15-25(24)30-19)28(33)21(17-29)16-22-18-32(23-12-6-3-7-13-23)31-27(22)20-10-4-2-5-11-20/h2-16,18,30H,1H3. The first-order valence-corrected chi connectivity index (χ1v) is 10.6. The summed E-state index contributed by atoms with van der Waals surface area (Å²) in [4.78, 5) is 16.7. The third-order valence-corrected chi connectivity index (χ3v) is 5.60. The number of ketones is 1. The van der Waals surface area contributed by atoms with Gasteiger partial charge in [0.25, 0.3) is 0 Å². The summed E-state index contributed by atoms with van der Waals surface area (Å²) in [7, 11) is 0. The molecule has 1 N–H and O–H groups in total. The van der Waals surface area contributed by atoms with Crippen molar-refractivity contribution in [3.8, 4) is 23.0 Å². The summed E-state index contributed by atoms with van der Waals surface area (Å²) in [6.07, 6.45) is 3.49. The van der Waals surface area contributed by atoms with Gasteiger partial charge in [0.15, 0.2) is 0 Å². The molecule has 3 aromatic carbocycles. The summed E-state index contributed by atoms with van der Waals surface area (Å²) in [6, 6.07) is 29.2. The molecule has 0 saturated carbocycles. The largest absolute Gasteiger partial charge is 0.358 e. The molecule has 0 unspecified atom stereocenters. The Morgan fingerprint density at radius 1 is 0.970 bits per heavy atom. The second-order valence-electron chi connectivity index (χ2n) is 7.75. The lowest BCUT2D eigenvalue weighted by Crippen LogP contribution is -2.03. The number of rotatable bonds is 5. The topological polar surface area (TPSA) is 74.5 Å². The van der Waals surface area contributed by atoms with E-state index in [2.05, 4.69) is 11.1 Å². The van der Waals surface area contributed by atoms with Gasteiger partial charge < -0.3 is 4.98 Å². The minimum Gasteiger partial charge on any atom is -0.358 e. The van der Waals surface area contributed by atoms with E-state index >= 15 is 0 Å². The van der Waals surface area contributed by atoms with Crippen LogP contribution in [0.2, 0.25) is 0 Å². The lowest BCUT2D eigenvalue weighted by atomic mass is 9.98. The van der Waals surface area contributed by atoms with Crippen LogP contribution in [-0.2, 0) is 0 Å². The molecular formula is C28H20N4O. The maximum Gasteiger partial charge on any atom is 0.205 e. The minimum absolute atomic E-state index is 0.0626. The number of aromatic amines is 1. The number of aromatic nitrogens is 3. The highest BCUT2D eigenvalue weighted by Crippen LogP contribution is 2.28. The van der Waals surface area contributed by atoms with Crippen molar-refractivity contribution in [1.29, 1.82) is 5.26 Å². The van der Waals surface area contributed by atoms with Crippen LogP contribution in [-0.4, -0.2) is 20.5 Å². The highest BCUT2D eigenvalue weighted by Gasteiger charge is 2.21. The first-order valence-electron chi connectivity index (χ1n) is 10.6. The molecule has 33 heavy (non-hydrogen) atoms. The fourth-order valence-corrected chi connectivity index (χ4v) is 4.03. The monoisotopic (exact) mass is 428 g/mol. The Labute approximate surface area is 191 Å². The number of allylic oxidation sites excluding steroid dienone is 1. The Bertz CT molecular complexity index is 1530. The lowest BCUT2D eigenvalue weighted by molar-refractivity contribution is 0.104. The van der Waals surface area contributed by atoms with E-state index in [1.165, 1.54) is 0 Å². The molecule has 5 nitrogen and oxygen atoms in total. The Kier molecular flexibility index (Phi) is 5.18. The molecule has 0 amide bonds. The molecule has 5 heteroatoms. The van der Waals surface area contributed by atoms with Gasteiger partial charge in [-0.1, -0.05) is 66.7 Å². The van der Waals surface area contributed by atoms with Gasteiger partial charge in [-0.25, -0.2) is 4.68 Å². The smallest absolute Gasteiger partial charge is 0.205 e. The number of fused-ring (bicyclic) bond motifs is 1. The van der Waals surface area contributed by atoms with E-state index in [1.807, 2.05) is 98.0 Å². The second-order valence-corrected chi connectivity index (χ2v) is 7.75. The van der Waals surface area contributed by atoms with Gasteiger partial charge in [-0.05, 0) is 31.2 Å². The first kappa shape index (κ1) is 20.2. The molecule has 0 bridgehead atoms. The van der Waals surface area contributed by atoms with E-state index in [9.17, 15) is 10.1 Å². The van der Waals surface area contributed by atoms with E-state index in [1.54, 1.807) is 10.8 Å². The van der Waals surface area contributed by atoms with Gasteiger partial charge in [0.1, 0.15) is 11.6 Å². The van der Waals surface area contributed by atoms with Crippen LogP contribution in [0.5, 0.6) is 0 Å². The molecule has 2 aromatic heterocycles. The number of carbonyl (C=O) groups excluding carboxylic acids is 1. The average molecular weight is 428 g/mol. The van der Waals surface area contributed by atoms with Gasteiger partial charge in [0.05, 0.1) is 16.9 Å². The molecule has 5 aromatic rings. The van der Waals surface area contributed by atoms with Crippen molar-refractivity contribution in [2.45, 2.75) is 6.92 Å². The zero-order valence-corrected chi connectivity index (χ0v) is 18.0. The highest BCUT2D eigenvalue weighted by molar-refractivity contribution is 6.20. The predicted octanol–water partition coefficient (Wildman–Crippen LogP) is 6.12. The molecule has 0 saturated heterocycles. The second kappa shape index (κ2) is 8.45. The van der Waals surface area contributed by atoms with Crippen molar-refractivity contribution in [2.75, 3.05) is 0 Å². The number of hydrogen-bond donors (Lipinski definition) is 1. The zero-order valence-electron chi connectivity index (χ0n) is 18.0. The Balaban J connectivity index is 1.65. The number of H-pyrrole nitrogens is 1. The number of aryl methyl sites for hydroxylation is 1. The van der Waals surface area contributed by atoms with Crippen molar-refractivity contribution in [1.82, 2.24) is 14.8 Å². The molecule has 2 heterocycles.